The maximum atomic E-state index is 13.0. The molecule has 0 amide bonds. The molecule has 1 aromatic carbocycles. The largest absolute Gasteiger partial charge is 0.332 e. The molecule has 0 saturated carbocycles. The molecule has 0 aromatic heterocycles. The zero-order valence-electron chi connectivity index (χ0n) is 7.71. The van der Waals surface area contributed by atoms with Gasteiger partial charge in [0.1, 0.15) is 4.90 Å². The topological polar surface area (TPSA) is 34.1 Å². The summed E-state index contributed by atoms with van der Waals surface area (Å²) in [6.45, 7) is 0. The molecule has 0 aliphatic rings. The van der Waals surface area contributed by atoms with Crippen molar-refractivity contribution in [3.63, 3.8) is 0 Å². The van der Waals surface area contributed by atoms with E-state index >= 15 is 0 Å². The van der Waals surface area contributed by atoms with E-state index in [0.29, 0.717) is 11.1 Å². The summed E-state index contributed by atoms with van der Waals surface area (Å²) in [4.78, 5) is -0.324. The highest BCUT2D eigenvalue weighted by atomic mass is 127. The lowest BCUT2D eigenvalue weighted by Crippen LogP contribution is -1.99. The van der Waals surface area contributed by atoms with E-state index in [0.717, 1.165) is 0 Å². The third-order valence-corrected chi connectivity index (χ3v) is 4.06. The van der Waals surface area contributed by atoms with Gasteiger partial charge in [-0.05, 0) is 31.9 Å². The second-order valence-corrected chi connectivity index (χ2v) is 6.21. The van der Waals surface area contributed by atoms with Gasteiger partial charge in [0, 0.05) is 32.1 Å². The first-order chi connectivity index (χ1) is 7.50. The molecule has 86 valence electrons. The molecule has 0 aliphatic heterocycles. The summed E-state index contributed by atoms with van der Waals surface area (Å²) in [7, 11) is -3.42. The predicted octanol–water partition coefficient (Wildman–Crippen LogP) is 3.63. The molecule has 1 aromatic rings. The van der Waals surface area contributed by atoms with Crippen molar-refractivity contribution in [3.8, 4) is 11.2 Å². The van der Waals surface area contributed by atoms with Gasteiger partial charge in [0.2, 0.25) is 0 Å². The molecule has 0 heterocycles. The van der Waals surface area contributed by atoms with Crippen molar-refractivity contribution in [1.29, 1.82) is 0 Å². The highest BCUT2D eigenvalue weighted by Crippen LogP contribution is 2.24. The number of hydrogen-bond acceptors (Lipinski definition) is 3. The lowest BCUT2D eigenvalue weighted by molar-refractivity contribution is 0.551. The monoisotopic (exact) mass is 434 g/mol. The van der Waals surface area contributed by atoms with Crippen LogP contribution in [-0.4, -0.2) is 8.42 Å². The molecule has 16 heavy (non-hydrogen) atoms. The third-order valence-electron chi connectivity index (χ3n) is 1.75. The van der Waals surface area contributed by atoms with Crippen LogP contribution in [0.15, 0.2) is 23.1 Å². The summed E-state index contributed by atoms with van der Waals surface area (Å²) in [5, 5.41) is 2.97. The van der Waals surface area contributed by atoms with Crippen LogP contribution in [0.5, 0.6) is 0 Å². The molecule has 1 rings (SSSR count). The van der Waals surface area contributed by atoms with E-state index in [-0.39, 0.29) is 10.2 Å². The van der Waals surface area contributed by atoms with Gasteiger partial charge < -0.3 is 0 Å². The maximum Gasteiger partial charge on any atom is 0.332 e. The zero-order valence-corrected chi connectivity index (χ0v) is 13.1. The molecular weight excluding hydrogens is 430 g/mol. The van der Waals surface area contributed by atoms with Crippen molar-refractivity contribution in [2.75, 3.05) is 0 Å². The van der Waals surface area contributed by atoms with Crippen LogP contribution >= 0.6 is 46.1 Å². The van der Waals surface area contributed by atoms with Gasteiger partial charge in [-0.15, -0.1) is 3.89 Å². The Morgan fingerprint density at radius 3 is 2.69 bits per heavy atom. The van der Waals surface area contributed by atoms with Crippen LogP contribution in [0.25, 0.3) is 0 Å². The Labute approximate surface area is 118 Å². The lowest BCUT2D eigenvalue weighted by Gasteiger charge is -2.04. The molecule has 0 fully saturated rings. The molecule has 0 spiro atoms. The zero-order chi connectivity index (χ0) is 12.2. The van der Waals surface area contributed by atoms with E-state index in [9.17, 15) is 12.3 Å². The fourth-order valence-electron chi connectivity index (χ4n) is 1.12. The minimum Gasteiger partial charge on any atom is -0.189 e. The first-order valence-electron chi connectivity index (χ1n) is 3.92. The summed E-state index contributed by atoms with van der Waals surface area (Å²) < 4.78 is 34.8. The Morgan fingerprint density at radius 1 is 1.50 bits per heavy atom. The summed E-state index contributed by atoms with van der Waals surface area (Å²) in [5.41, 5.74) is 0.864. The molecule has 0 aliphatic carbocycles. The second-order valence-electron chi connectivity index (χ2n) is 2.66. The fourth-order valence-corrected chi connectivity index (χ4v) is 3.11. The Bertz CT molecular complexity index is 548. The predicted molar refractivity (Wildman–Crippen MR) is 75.9 cm³/mol. The van der Waals surface area contributed by atoms with Gasteiger partial charge in [-0.1, -0.05) is 27.9 Å². The smallest absolute Gasteiger partial charge is 0.189 e. The molecule has 0 saturated heterocycles. The van der Waals surface area contributed by atoms with E-state index in [1.807, 2.05) is 21.2 Å². The SMILES string of the molecule is O=S(=O)(F)c1cccc(C#CSI)c1CBr. The number of hydrogen-bond donors (Lipinski definition) is 0. The molecule has 0 radical (unpaired) electrons. The Kier molecular flexibility index (Phi) is 5.56. The molecule has 0 N–H and O–H groups in total. The van der Waals surface area contributed by atoms with Gasteiger partial charge in [0.25, 0.3) is 0 Å². The molecule has 7 heteroatoms. The first kappa shape index (κ1) is 14.3. The van der Waals surface area contributed by atoms with Crippen molar-refractivity contribution in [1.82, 2.24) is 0 Å². The van der Waals surface area contributed by atoms with Crippen LogP contribution in [0.3, 0.4) is 0 Å². The normalized spacial score (nSPS) is 10.7. The lowest BCUT2D eigenvalue weighted by atomic mass is 10.1. The highest BCUT2D eigenvalue weighted by Gasteiger charge is 2.18. The standard InChI is InChI=1S/C9H5BrFIO2S2/c10-6-8-7(4-5-15-12)2-1-3-9(8)16(11,13)14/h1-3H,6H2. The van der Waals surface area contributed by atoms with Gasteiger partial charge in [-0.3, -0.25) is 0 Å². The summed E-state index contributed by atoms with van der Waals surface area (Å²) in [6.07, 6.45) is 0. The van der Waals surface area contributed by atoms with E-state index in [1.54, 1.807) is 6.07 Å². The molecule has 0 bridgehead atoms. The van der Waals surface area contributed by atoms with Gasteiger partial charge in [-0.2, -0.15) is 8.42 Å². The summed E-state index contributed by atoms with van der Waals surface area (Å²) in [5.74, 6) is 2.77. The Morgan fingerprint density at radius 2 is 2.19 bits per heavy atom. The molecular formula is C9H5BrFIO2S2. The van der Waals surface area contributed by atoms with Crippen molar-refractivity contribution in [2.24, 2.45) is 0 Å². The van der Waals surface area contributed by atoms with E-state index in [1.165, 1.54) is 21.1 Å². The van der Waals surface area contributed by atoms with Crippen LogP contribution in [0.1, 0.15) is 11.1 Å². The van der Waals surface area contributed by atoms with E-state index in [2.05, 4.69) is 27.1 Å². The third kappa shape index (κ3) is 3.61. The van der Waals surface area contributed by atoms with Crippen molar-refractivity contribution in [3.05, 3.63) is 29.3 Å². The minimum atomic E-state index is -4.70. The average Bonchev–Trinajstić information content (AvgIpc) is 2.24. The number of rotatable bonds is 2. The number of alkyl halides is 1. The van der Waals surface area contributed by atoms with E-state index < -0.39 is 10.2 Å². The van der Waals surface area contributed by atoms with Crippen LogP contribution in [0.4, 0.5) is 3.89 Å². The molecule has 0 atom stereocenters. The summed E-state index contributed by atoms with van der Waals surface area (Å²) in [6, 6.07) is 4.36. The first-order valence-corrected chi connectivity index (χ1v) is 9.78. The van der Waals surface area contributed by atoms with Gasteiger partial charge in [0.05, 0.1) is 0 Å². The van der Waals surface area contributed by atoms with E-state index in [4.69, 9.17) is 0 Å². The fraction of sp³-hybridized carbons (Fsp3) is 0.111. The second kappa shape index (κ2) is 6.23. The van der Waals surface area contributed by atoms with Crippen molar-refractivity contribution in [2.45, 2.75) is 10.2 Å². The van der Waals surface area contributed by atoms with Crippen LogP contribution in [0.2, 0.25) is 0 Å². The van der Waals surface area contributed by atoms with Crippen LogP contribution in [0, 0.1) is 11.2 Å². The number of benzene rings is 1. The number of halogens is 3. The average molecular weight is 435 g/mol. The summed E-state index contributed by atoms with van der Waals surface area (Å²) >= 11 is 5.14. The van der Waals surface area contributed by atoms with Gasteiger partial charge >= 0.3 is 10.2 Å². The highest BCUT2D eigenvalue weighted by molar-refractivity contribution is 14.2. The van der Waals surface area contributed by atoms with Crippen LogP contribution < -0.4 is 0 Å². The van der Waals surface area contributed by atoms with Gasteiger partial charge in [0.15, 0.2) is 0 Å². The van der Waals surface area contributed by atoms with Crippen molar-refractivity contribution < 1.29 is 12.3 Å². The molecule has 0 unspecified atom stereocenters. The van der Waals surface area contributed by atoms with Crippen LogP contribution in [-0.2, 0) is 15.6 Å². The Balaban J connectivity index is 3.44. The maximum absolute atomic E-state index is 13.0. The Hall–Kier alpha value is 0.220. The van der Waals surface area contributed by atoms with Crippen molar-refractivity contribution >= 4 is 56.3 Å². The quantitative estimate of drug-likeness (QED) is 0.308. The molecule has 2 nitrogen and oxygen atoms in total. The minimum absolute atomic E-state index is 0.238. The van der Waals surface area contributed by atoms with Gasteiger partial charge in [-0.25, -0.2) is 0 Å².